The number of carbonyl (C=O) groups is 1. The molecule has 0 aromatic heterocycles. The number of hydrogen-bond donors (Lipinski definition) is 1. The molecule has 0 bridgehead atoms. The summed E-state index contributed by atoms with van der Waals surface area (Å²) in [5, 5.41) is 9.51. The SMILES string of the molecule is CN1c2cccc(Cl)c2CC1CC(=O)O. The number of aliphatic carboxylic acids is 1. The van der Waals surface area contributed by atoms with E-state index in [9.17, 15) is 4.79 Å². The van der Waals surface area contributed by atoms with Crippen LogP contribution in [0.2, 0.25) is 5.02 Å². The third-order valence-electron chi connectivity index (χ3n) is 2.87. The fourth-order valence-corrected chi connectivity index (χ4v) is 2.31. The maximum absolute atomic E-state index is 10.7. The number of hydrogen-bond acceptors (Lipinski definition) is 2. The molecule has 3 nitrogen and oxygen atoms in total. The number of carboxylic acids is 1. The maximum Gasteiger partial charge on any atom is 0.305 e. The lowest BCUT2D eigenvalue weighted by molar-refractivity contribution is -0.137. The summed E-state index contributed by atoms with van der Waals surface area (Å²) in [6.07, 6.45) is 0.874. The summed E-state index contributed by atoms with van der Waals surface area (Å²) in [5.41, 5.74) is 2.11. The van der Waals surface area contributed by atoms with Crippen LogP contribution < -0.4 is 4.90 Å². The lowest BCUT2D eigenvalue weighted by Gasteiger charge is -2.20. The highest BCUT2D eigenvalue weighted by Crippen LogP contribution is 2.36. The molecular formula is C11H12ClNO2. The van der Waals surface area contributed by atoms with E-state index in [0.717, 1.165) is 22.7 Å². The summed E-state index contributed by atoms with van der Waals surface area (Å²) < 4.78 is 0. The number of fused-ring (bicyclic) bond motifs is 1. The van der Waals surface area contributed by atoms with E-state index in [1.165, 1.54) is 0 Å². The molecule has 4 heteroatoms. The van der Waals surface area contributed by atoms with E-state index in [4.69, 9.17) is 16.7 Å². The molecule has 1 atom stereocenters. The number of carboxylic acid groups (broad SMARTS) is 1. The first-order valence-corrected chi connectivity index (χ1v) is 5.19. The summed E-state index contributed by atoms with van der Waals surface area (Å²) in [6.45, 7) is 0. The van der Waals surface area contributed by atoms with Crippen molar-refractivity contribution in [2.45, 2.75) is 18.9 Å². The summed E-state index contributed by atoms with van der Waals surface area (Å²) in [7, 11) is 1.91. The van der Waals surface area contributed by atoms with E-state index in [1.807, 2.05) is 30.1 Å². The highest BCUT2D eigenvalue weighted by Gasteiger charge is 2.29. The lowest BCUT2D eigenvalue weighted by Crippen LogP contribution is -2.30. The van der Waals surface area contributed by atoms with Crippen molar-refractivity contribution in [1.29, 1.82) is 0 Å². The molecule has 0 saturated carbocycles. The zero-order chi connectivity index (χ0) is 11.0. The zero-order valence-electron chi connectivity index (χ0n) is 8.40. The van der Waals surface area contributed by atoms with E-state index in [-0.39, 0.29) is 12.5 Å². The van der Waals surface area contributed by atoms with Crippen molar-refractivity contribution in [1.82, 2.24) is 0 Å². The van der Waals surface area contributed by atoms with Gasteiger partial charge in [-0.3, -0.25) is 4.79 Å². The average Bonchev–Trinajstić information content (AvgIpc) is 2.46. The van der Waals surface area contributed by atoms with Gasteiger partial charge in [-0.15, -0.1) is 0 Å². The molecule has 0 fully saturated rings. The van der Waals surface area contributed by atoms with E-state index in [2.05, 4.69) is 0 Å². The van der Waals surface area contributed by atoms with Gasteiger partial charge in [0.15, 0.2) is 0 Å². The van der Waals surface area contributed by atoms with Crippen LogP contribution in [-0.4, -0.2) is 24.2 Å². The predicted molar refractivity (Wildman–Crippen MR) is 59.6 cm³/mol. The van der Waals surface area contributed by atoms with Crippen molar-refractivity contribution >= 4 is 23.3 Å². The Hall–Kier alpha value is -1.22. The maximum atomic E-state index is 10.7. The van der Waals surface area contributed by atoms with Crippen LogP contribution in [0.5, 0.6) is 0 Å². The van der Waals surface area contributed by atoms with Crippen molar-refractivity contribution in [3.63, 3.8) is 0 Å². The normalized spacial score (nSPS) is 19.1. The van der Waals surface area contributed by atoms with Gasteiger partial charge in [0.2, 0.25) is 0 Å². The minimum absolute atomic E-state index is 0.0254. The second-order valence-electron chi connectivity index (χ2n) is 3.80. The van der Waals surface area contributed by atoms with Crippen LogP contribution >= 0.6 is 11.6 Å². The van der Waals surface area contributed by atoms with Gasteiger partial charge in [0, 0.05) is 23.8 Å². The van der Waals surface area contributed by atoms with Crippen LogP contribution in [0.1, 0.15) is 12.0 Å². The molecule has 0 spiro atoms. The summed E-state index contributed by atoms with van der Waals surface area (Å²) in [5.74, 6) is -0.768. The van der Waals surface area contributed by atoms with Gasteiger partial charge in [0.1, 0.15) is 0 Å². The molecule has 1 aliphatic rings. The van der Waals surface area contributed by atoms with Gasteiger partial charge in [0.05, 0.1) is 6.42 Å². The molecule has 0 aliphatic carbocycles. The molecule has 2 rings (SSSR count). The lowest BCUT2D eigenvalue weighted by atomic mass is 10.1. The van der Waals surface area contributed by atoms with Crippen LogP contribution in [0, 0.1) is 0 Å². The van der Waals surface area contributed by atoms with E-state index < -0.39 is 5.97 Å². The van der Waals surface area contributed by atoms with Gasteiger partial charge in [-0.2, -0.15) is 0 Å². The van der Waals surface area contributed by atoms with Gasteiger partial charge in [-0.05, 0) is 24.1 Å². The Morgan fingerprint density at radius 1 is 1.67 bits per heavy atom. The van der Waals surface area contributed by atoms with E-state index in [0.29, 0.717) is 0 Å². The smallest absolute Gasteiger partial charge is 0.305 e. The van der Waals surface area contributed by atoms with Crippen LogP contribution in [-0.2, 0) is 11.2 Å². The Kier molecular flexibility index (Phi) is 2.57. The number of benzene rings is 1. The Morgan fingerprint density at radius 2 is 2.40 bits per heavy atom. The molecule has 1 aromatic carbocycles. The quantitative estimate of drug-likeness (QED) is 0.839. The molecule has 0 saturated heterocycles. The molecule has 15 heavy (non-hydrogen) atoms. The van der Waals surface area contributed by atoms with Gasteiger partial charge in [-0.25, -0.2) is 0 Å². The minimum Gasteiger partial charge on any atom is -0.481 e. The molecule has 1 aliphatic heterocycles. The van der Waals surface area contributed by atoms with Crippen LogP contribution in [0.3, 0.4) is 0 Å². The second-order valence-corrected chi connectivity index (χ2v) is 4.21. The predicted octanol–water partition coefficient (Wildman–Crippen LogP) is 2.18. The third-order valence-corrected chi connectivity index (χ3v) is 3.23. The Balaban J connectivity index is 2.29. The van der Waals surface area contributed by atoms with E-state index in [1.54, 1.807) is 0 Å². The minimum atomic E-state index is -0.768. The Labute approximate surface area is 93.3 Å². The topological polar surface area (TPSA) is 40.5 Å². The van der Waals surface area contributed by atoms with Crippen molar-refractivity contribution in [3.05, 3.63) is 28.8 Å². The number of nitrogens with zero attached hydrogens (tertiary/aromatic N) is 1. The molecule has 0 radical (unpaired) electrons. The Bertz CT molecular complexity index is 406. The number of anilines is 1. The number of likely N-dealkylation sites (N-methyl/N-ethyl adjacent to an activating group) is 1. The first kappa shape index (κ1) is 10.3. The highest BCUT2D eigenvalue weighted by molar-refractivity contribution is 6.31. The zero-order valence-corrected chi connectivity index (χ0v) is 9.16. The number of rotatable bonds is 2. The second kappa shape index (κ2) is 3.74. The molecule has 1 aromatic rings. The molecule has 1 heterocycles. The van der Waals surface area contributed by atoms with Crippen molar-refractivity contribution in [2.75, 3.05) is 11.9 Å². The Morgan fingerprint density at radius 3 is 3.00 bits per heavy atom. The van der Waals surface area contributed by atoms with Gasteiger partial charge >= 0.3 is 5.97 Å². The van der Waals surface area contributed by atoms with Crippen LogP contribution in [0.25, 0.3) is 0 Å². The third kappa shape index (κ3) is 1.79. The van der Waals surface area contributed by atoms with Crippen molar-refractivity contribution in [2.24, 2.45) is 0 Å². The highest BCUT2D eigenvalue weighted by atomic mass is 35.5. The van der Waals surface area contributed by atoms with Gasteiger partial charge in [-0.1, -0.05) is 17.7 Å². The largest absolute Gasteiger partial charge is 0.481 e. The summed E-state index contributed by atoms with van der Waals surface area (Å²) >= 11 is 6.06. The molecule has 80 valence electrons. The molecule has 0 amide bonds. The van der Waals surface area contributed by atoms with Crippen LogP contribution in [0.4, 0.5) is 5.69 Å². The monoisotopic (exact) mass is 225 g/mol. The van der Waals surface area contributed by atoms with Gasteiger partial charge < -0.3 is 10.0 Å². The first-order chi connectivity index (χ1) is 7.09. The van der Waals surface area contributed by atoms with Gasteiger partial charge in [0.25, 0.3) is 0 Å². The molecular weight excluding hydrogens is 214 g/mol. The average molecular weight is 226 g/mol. The standard InChI is InChI=1S/C11H12ClNO2/c1-13-7(6-11(14)15)5-8-9(12)3-2-4-10(8)13/h2-4,7H,5-6H2,1H3,(H,14,15). The summed E-state index contributed by atoms with van der Waals surface area (Å²) in [6, 6.07) is 5.73. The fraction of sp³-hybridized carbons (Fsp3) is 0.364. The number of halogens is 1. The first-order valence-electron chi connectivity index (χ1n) is 4.81. The van der Waals surface area contributed by atoms with Crippen molar-refractivity contribution < 1.29 is 9.90 Å². The van der Waals surface area contributed by atoms with Crippen LogP contribution in [0.15, 0.2) is 18.2 Å². The molecule has 1 unspecified atom stereocenters. The van der Waals surface area contributed by atoms with Crippen molar-refractivity contribution in [3.8, 4) is 0 Å². The molecule has 1 N–H and O–H groups in total. The van der Waals surface area contributed by atoms with E-state index >= 15 is 0 Å². The summed E-state index contributed by atoms with van der Waals surface area (Å²) in [4.78, 5) is 12.7. The fourth-order valence-electron chi connectivity index (χ4n) is 2.06.